The van der Waals surface area contributed by atoms with Crippen LogP contribution in [0.1, 0.15) is 46.1 Å². The molecule has 0 radical (unpaired) electrons. The number of esters is 1. The number of halogens is 2. The van der Waals surface area contributed by atoms with Gasteiger partial charge in [-0.05, 0) is 32.8 Å². The predicted octanol–water partition coefficient (Wildman–Crippen LogP) is 2.54. The molecule has 31 heavy (non-hydrogen) atoms. The lowest BCUT2D eigenvalue weighted by Crippen LogP contribution is -2.58. The number of rotatable bonds is 10. The van der Waals surface area contributed by atoms with E-state index in [4.69, 9.17) is 9.47 Å². The van der Waals surface area contributed by atoms with Gasteiger partial charge >= 0.3 is 18.0 Å². The second-order valence-electron chi connectivity index (χ2n) is 7.94. The molecule has 1 aromatic carbocycles. The molecule has 0 aliphatic rings. The molecule has 0 heterocycles. The van der Waals surface area contributed by atoms with Crippen LogP contribution in [0.5, 0.6) is 0 Å². The van der Waals surface area contributed by atoms with Crippen molar-refractivity contribution in [2.75, 3.05) is 6.54 Å². The SMILES string of the molecule is CCC[C@H](NC(=O)OC(C)(C)C)C(O)C(F)(F)C(=O)NCC(=O)OCc1ccccc1. The Morgan fingerprint density at radius 2 is 1.74 bits per heavy atom. The maximum absolute atomic E-state index is 14.5. The van der Waals surface area contributed by atoms with Crippen LogP contribution in [0.2, 0.25) is 0 Å². The van der Waals surface area contributed by atoms with Crippen molar-refractivity contribution in [2.45, 2.75) is 70.8 Å². The van der Waals surface area contributed by atoms with Crippen molar-refractivity contribution in [3.05, 3.63) is 35.9 Å². The number of amides is 2. The molecule has 0 aliphatic carbocycles. The van der Waals surface area contributed by atoms with Crippen molar-refractivity contribution in [1.82, 2.24) is 10.6 Å². The normalized spacial score (nSPS) is 13.6. The molecule has 1 rings (SSSR count). The van der Waals surface area contributed by atoms with Gasteiger partial charge in [-0.25, -0.2) is 4.79 Å². The first-order chi connectivity index (χ1) is 14.4. The van der Waals surface area contributed by atoms with Crippen LogP contribution in [0.3, 0.4) is 0 Å². The summed E-state index contributed by atoms with van der Waals surface area (Å²) >= 11 is 0. The van der Waals surface area contributed by atoms with Gasteiger partial charge in [-0.3, -0.25) is 9.59 Å². The molecule has 0 fully saturated rings. The Morgan fingerprint density at radius 3 is 2.29 bits per heavy atom. The van der Waals surface area contributed by atoms with Crippen molar-refractivity contribution >= 4 is 18.0 Å². The zero-order valence-corrected chi connectivity index (χ0v) is 18.1. The lowest BCUT2D eigenvalue weighted by Gasteiger charge is -2.30. The number of hydrogen-bond donors (Lipinski definition) is 3. The Labute approximate surface area is 180 Å². The zero-order valence-electron chi connectivity index (χ0n) is 18.1. The van der Waals surface area contributed by atoms with E-state index in [0.717, 1.165) is 0 Å². The number of nitrogens with one attached hydrogen (secondary N) is 2. The molecular weight excluding hydrogens is 414 g/mol. The first-order valence-corrected chi connectivity index (χ1v) is 9.90. The van der Waals surface area contributed by atoms with E-state index in [0.29, 0.717) is 12.0 Å². The highest BCUT2D eigenvalue weighted by atomic mass is 19.3. The van der Waals surface area contributed by atoms with Crippen LogP contribution in [-0.4, -0.2) is 53.3 Å². The van der Waals surface area contributed by atoms with Crippen molar-refractivity contribution in [3.63, 3.8) is 0 Å². The average molecular weight is 444 g/mol. The molecule has 10 heteroatoms. The maximum Gasteiger partial charge on any atom is 0.407 e. The van der Waals surface area contributed by atoms with Gasteiger partial charge in [0.25, 0.3) is 5.91 Å². The summed E-state index contributed by atoms with van der Waals surface area (Å²) in [6.45, 7) is 5.57. The minimum absolute atomic E-state index is 0.0254. The molecule has 0 saturated heterocycles. The smallest absolute Gasteiger partial charge is 0.407 e. The van der Waals surface area contributed by atoms with E-state index >= 15 is 0 Å². The fourth-order valence-electron chi connectivity index (χ4n) is 2.53. The van der Waals surface area contributed by atoms with Gasteiger partial charge < -0.3 is 25.2 Å². The largest absolute Gasteiger partial charge is 0.460 e. The summed E-state index contributed by atoms with van der Waals surface area (Å²) in [5.74, 6) is -7.04. The van der Waals surface area contributed by atoms with E-state index < -0.39 is 48.2 Å². The van der Waals surface area contributed by atoms with Crippen LogP contribution in [-0.2, 0) is 25.7 Å². The van der Waals surface area contributed by atoms with E-state index in [-0.39, 0.29) is 13.0 Å². The number of aliphatic hydroxyl groups excluding tert-OH is 1. The van der Waals surface area contributed by atoms with Crippen molar-refractivity contribution in [1.29, 1.82) is 0 Å². The summed E-state index contributed by atoms with van der Waals surface area (Å²) in [5.41, 5.74) is -0.176. The molecule has 1 unspecified atom stereocenters. The topological polar surface area (TPSA) is 114 Å². The third-order valence-corrected chi connectivity index (χ3v) is 3.99. The number of ether oxygens (including phenoxy) is 2. The second-order valence-corrected chi connectivity index (χ2v) is 7.94. The summed E-state index contributed by atoms with van der Waals surface area (Å²) in [4.78, 5) is 35.5. The van der Waals surface area contributed by atoms with Crippen LogP contribution < -0.4 is 10.6 Å². The third-order valence-electron chi connectivity index (χ3n) is 3.99. The standard InChI is InChI=1S/C21H30F2N2O6/c1-5-9-15(25-19(29)31-20(2,3)4)17(27)21(22,23)18(28)24-12-16(26)30-13-14-10-7-6-8-11-14/h6-8,10-11,15,17,27H,5,9,12-13H2,1-4H3,(H,24,28)(H,25,29)/t15-,17?/m0/s1. The number of aliphatic hydroxyl groups is 1. The van der Waals surface area contributed by atoms with Crippen molar-refractivity contribution < 1.29 is 37.7 Å². The second kappa shape index (κ2) is 11.6. The van der Waals surface area contributed by atoms with Gasteiger partial charge in [0.1, 0.15) is 24.9 Å². The van der Waals surface area contributed by atoms with Crippen LogP contribution >= 0.6 is 0 Å². The van der Waals surface area contributed by atoms with E-state index in [2.05, 4.69) is 5.32 Å². The Bertz CT molecular complexity index is 737. The molecule has 1 aromatic rings. The molecule has 8 nitrogen and oxygen atoms in total. The maximum atomic E-state index is 14.5. The van der Waals surface area contributed by atoms with Gasteiger partial charge in [0.2, 0.25) is 0 Å². The van der Waals surface area contributed by atoms with Crippen LogP contribution in [0.4, 0.5) is 13.6 Å². The zero-order chi connectivity index (χ0) is 23.7. The van der Waals surface area contributed by atoms with Crippen LogP contribution in [0, 0.1) is 0 Å². The first kappa shape index (κ1) is 26.3. The summed E-state index contributed by atoms with van der Waals surface area (Å²) in [7, 11) is 0. The summed E-state index contributed by atoms with van der Waals surface area (Å²) < 4.78 is 38.8. The Hall–Kier alpha value is -2.75. The van der Waals surface area contributed by atoms with E-state index in [1.165, 1.54) is 0 Å². The van der Waals surface area contributed by atoms with E-state index in [1.807, 2.05) is 0 Å². The van der Waals surface area contributed by atoms with Crippen LogP contribution in [0.15, 0.2) is 30.3 Å². The molecule has 0 spiro atoms. The highest BCUT2D eigenvalue weighted by molar-refractivity contribution is 5.87. The fourth-order valence-corrected chi connectivity index (χ4v) is 2.53. The van der Waals surface area contributed by atoms with Gasteiger partial charge in [0.15, 0.2) is 0 Å². The summed E-state index contributed by atoms with van der Waals surface area (Å²) in [5, 5.41) is 14.0. The molecular formula is C21H30F2N2O6. The van der Waals surface area contributed by atoms with Gasteiger partial charge in [-0.2, -0.15) is 8.78 Å². The third kappa shape index (κ3) is 9.29. The number of alkyl halides is 2. The lowest BCUT2D eigenvalue weighted by molar-refractivity contribution is -0.168. The van der Waals surface area contributed by atoms with Crippen molar-refractivity contribution in [3.8, 4) is 0 Å². The van der Waals surface area contributed by atoms with Gasteiger partial charge in [0.05, 0.1) is 6.04 Å². The Balaban J connectivity index is 2.64. The predicted molar refractivity (Wildman–Crippen MR) is 108 cm³/mol. The van der Waals surface area contributed by atoms with Crippen molar-refractivity contribution in [2.24, 2.45) is 0 Å². The Kier molecular flexibility index (Phi) is 9.83. The molecule has 0 saturated carbocycles. The minimum Gasteiger partial charge on any atom is -0.460 e. The molecule has 3 N–H and O–H groups in total. The average Bonchev–Trinajstić information content (AvgIpc) is 2.68. The molecule has 174 valence electrons. The molecule has 0 aromatic heterocycles. The number of carbonyl (C=O) groups excluding carboxylic acids is 3. The quantitative estimate of drug-likeness (QED) is 0.478. The summed E-state index contributed by atoms with van der Waals surface area (Å²) in [6.07, 6.45) is -3.20. The van der Waals surface area contributed by atoms with Gasteiger partial charge in [-0.1, -0.05) is 43.7 Å². The number of hydrogen-bond acceptors (Lipinski definition) is 6. The fraction of sp³-hybridized carbons (Fsp3) is 0.571. The monoisotopic (exact) mass is 444 g/mol. The molecule has 2 amide bonds. The van der Waals surface area contributed by atoms with E-state index in [9.17, 15) is 28.3 Å². The molecule has 2 atom stereocenters. The lowest BCUT2D eigenvalue weighted by atomic mass is 9.99. The Morgan fingerprint density at radius 1 is 1.13 bits per heavy atom. The highest BCUT2D eigenvalue weighted by Crippen LogP contribution is 2.24. The highest BCUT2D eigenvalue weighted by Gasteiger charge is 2.50. The number of alkyl carbamates (subject to hydrolysis) is 1. The minimum atomic E-state index is -4.27. The van der Waals surface area contributed by atoms with Gasteiger partial charge in [-0.15, -0.1) is 0 Å². The van der Waals surface area contributed by atoms with Crippen LogP contribution in [0.25, 0.3) is 0 Å². The number of carbonyl (C=O) groups is 3. The molecule has 0 bridgehead atoms. The molecule has 0 aliphatic heterocycles. The summed E-state index contributed by atoms with van der Waals surface area (Å²) in [6, 6.07) is 7.24. The number of benzene rings is 1. The van der Waals surface area contributed by atoms with E-state index in [1.54, 1.807) is 63.3 Å². The van der Waals surface area contributed by atoms with Gasteiger partial charge in [0, 0.05) is 0 Å². The first-order valence-electron chi connectivity index (χ1n) is 9.90.